The predicted molar refractivity (Wildman–Crippen MR) is 254 cm³/mol. The average molecular weight is 1110 g/mol. The highest BCUT2D eigenvalue weighted by Gasteiger charge is 2.29. The molecule has 11 nitrogen and oxygen atoms in total. The van der Waals surface area contributed by atoms with Crippen molar-refractivity contribution in [2.45, 2.75) is 255 Å². The van der Waals surface area contributed by atoms with E-state index in [1.165, 1.54) is 0 Å². The predicted octanol–water partition coefficient (Wildman–Crippen LogP) is 14.9. The van der Waals surface area contributed by atoms with Crippen molar-refractivity contribution in [1.82, 2.24) is 4.90 Å². The number of carbonyl (C=O) groups excluding carboxylic acids is 5. The second-order valence-corrected chi connectivity index (χ2v) is 19.8. The Bertz CT molecular complexity index is 1400. The van der Waals surface area contributed by atoms with Gasteiger partial charge in [0.15, 0.2) is 0 Å². The van der Waals surface area contributed by atoms with Gasteiger partial charge in [-0.2, -0.15) is 52.7 Å². The van der Waals surface area contributed by atoms with E-state index < -0.39 is 98.4 Å². The number of ether oxygens (including phenoxy) is 5. The second kappa shape index (κ2) is 39.8. The van der Waals surface area contributed by atoms with Crippen molar-refractivity contribution >= 4 is 29.8 Å². The maximum Gasteiger partial charge on any atom is 0.389 e. The molecule has 0 atom stereocenters. The number of nitrogens with zero attached hydrogens (tertiary/aromatic N) is 1. The van der Waals surface area contributed by atoms with Crippen molar-refractivity contribution in [1.29, 1.82) is 0 Å². The van der Waals surface area contributed by atoms with Crippen molar-refractivity contribution < 1.29 is 100 Å². The van der Waals surface area contributed by atoms with E-state index in [1.54, 1.807) is 0 Å². The summed E-state index contributed by atoms with van der Waals surface area (Å²) >= 11 is 0. The number of hydrogen-bond donors (Lipinski definition) is 0. The number of unbranched alkanes of at least 4 members (excludes halogenated alkanes) is 12. The standard InChI is InChI=1S/C52H83F12NO10/c53-49(54,55)31-15-3-7-22-42(23-8-4-16-32-50(56,57)58)74-47(69)28-13-1-11-26-44(66)71-38-41(40-73-46(68)30-21-37-65-35-19-20-36-65)39-72-45(67)27-12-2-14-29-48(70)75-43(24-9-5-17-33-51(59,60)61)25-10-6-18-34-52(62,63)64/h41-43H,1-40H2. The first kappa shape index (κ1) is 69.5. The van der Waals surface area contributed by atoms with E-state index >= 15 is 0 Å². The van der Waals surface area contributed by atoms with Crippen LogP contribution in [-0.2, 0) is 47.7 Å². The summed E-state index contributed by atoms with van der Waals surface area (Å²) in [6, 6.07) is 0. The number of hydrogen-bond acceptors (Lipinski definition) is 11. The fraction of sp³-hybridized carbons (Fsp3) is 0.904. The first-order valence-corrected chi connectivity index (χ1v) is 27.1. The number of halogens is 12. The van der Waals surface area contributed by atoms with Crippen LogP contribution in [0, 0.1) is 5.92 Å². The molecule has 1 aliphatic heterocycles. The van der Waals surface area contributed by atoms with Gasteiger partial charge in [-0.3, -0.25) is 24.0 Å². The third-order valence-electron chi connectivity index (χ3n) is 12.6. The van der Waals surface area contributed by atoms with E-state index in [9.17, 15) is 76.7 Å². The molecule has 0 radical (unpaired) electrons. The molecule has 23 heteroatoms. The molecule has 0 bridgehead atoms. The van der Waals surface area contributed by atoms with E-state index in [4.69, 9.17) is 23.7 Å². The molecule has 1 saturated heterocycles. The smallest absolute Gasteiger partial charge is 0.389 e. The summed E-state index contributed by atoms with van der Waals surface area (Å²) in [5.74, 6) is -3.46. The van der Waals surface area contributed by atoms with Gasteiger partial charge < -0.3 is 28.6 Å². The number of alkyl halides is 12. The maximum atomic E-state index is 12.7. The molecule has 75 heavy (non-hydrogen) atoms. The molecule has 0 amide bonds. The molecular weight excluding hydrogens is 1030 g/mol. The Hall–Kier alpha value is -3.53. The van der Waals surface area contributed by atoms with Gasteiger partial charge in [0.2, 0.25) is 0 Å². The summed E-state index contributed by atoms with van der Waals surface area (Å²) in [6.07, 6.45) is -13.9. The van der Waals surface area contributed by atoms with Crippen molar-refractivity contribution in [2.75, 3.05) is 39.5 Å². The van der Waals surface area contributed by atoms with Crippen molar-refractivity contribution in [2.24, 2.45) is 5.92 Å². The van der Waals surface area contributed by atoms with Crippen LogP contribution in [0.1, 0.15) is 218 Å². The SMILES string of the molecule is O=C(CCCCCC(=O)OC(CCCCCC(F)(F)F)CCCCCC(F)(F)F)OCC(COC(=O)CCCCCC(=O)OC(CCCCCC(F)(F)F)CCCCCC(F)(F)F)COC(=O)CCCN1CCCC1. The lowest BCUT2D eigenvalue weighted by atomic mass is 10.0. The van der Waals surface area contributed by atoms with Gasteiger partial charge in [0.1, 0.15) is 32.0 Å². The third kappa shape index (κ3) is 46.3. The number of rotatable bonds is 44. The topological polar surface area (TPSA) is 135 Å². The van der Waals surface area contributed by atoms with E-state index in [2.05, 4.69) is 4.90 Å². The fourth-order valence-corrected chi connectivity index (χ4v) is 8.39. The summed E-state index contributed by atoms with van der Waals surface area (Å²) in [5, 5.41) is 0. The van der Waals surface area contributed by atoms with Crippen LogP contribution < -0.4 is 0 Å². The molecule has 0 aromatic rings. The van der Waals surface area contributed by atoms with E-state index in [-0.39, 0.29) is 129 Å². The molecule has 0 aromatic heterocycles. The van der Waals surface area contributed by atoms with Crippen LogP contribution >= 0.6 is 0 Å². The van der Waals surface area contributed by atoms with Gasteiger partial charge in [-0.15, -0.1) is 0 Å². The van der Waals surface area contributed by atoms with Crippen LogP contribution in [0.15, 0.2) is 0 Å². The van der Waals surface area contributed by atoms with Crippen LogP contribution in [-0.4, -0.2) is 111 Å². The fourth-order valence-electron chi connectivity index (χ4n) is 8.39. The first-order chi connectivity index (χ1) is 35.3. The molecule has 0 unspecified atom stereocenters. The van der Waals surface area contributed by atoms with E-state index in [0.29, 0.717) is 70.6 Å². The Morgan fingerprint density at radius 2 is 0.613 bits per heavy atom. The molecule has 0 N–H and O–H groups in total. The quantitative estimate of drug-likeness (QED) is 0.0250. The minimum Gasteiger partial charge on any atom is -0.465 e. The van der Waals surface area contributed by atoms with Crippen molar-refractivity contribution in [3.8, 4) is 0 Å². The van der Waals surface area contributed by atoms with Crippen LogP contribution in [0.5, 0.6) is 0 Å². The van der Waals surface area contributed by atoms with Gasteiger partial charge in [-0.05, 0) is 142 Å². The summed E-state index contributed by atoms with van der Waals surface area (Å²) < 4.78 is 178. The monoisotopic (exact) mass is 1110 g/mol. The lowest BCUT2D eigenvalue weighted by Gasteiger charge is -2.19. The minimum absolute atomic E-state index is 0.0136. The van der Waals surface area contributed by atoms with Crippen LogP contribution in [0.2, 0.25) is 0 Å². The molecule has 1 heterocycles. The van der Waals surface area contributed by atoms with Crippen LogP contribution in [0.3, 0.4) is 0 Å². The van der Waals surface area contributed by atoms with Gasteiger partial charge in [0, 0.05) is 57.8 Å². The highest BCUT2D eigenvalue weighted by atomic mass is 19.4. The zero-order chi connectivity index (χ0) is 56.0. The molecular formula is C52H83F12NO10. The van der Waals surface area contributed by atoms with Crippen molar-refractivity contribution in [3.05, 3.63) is 0 Å². The van der Waals surface area contributed by atoms with E-state index in [0.717, 1.165) is 32.5 Å². The van der Waals surface area contributed by atoms with Gasteiger partial charge >= 0.3 is 54.6 Å². The number of esters is 5. The summed E-state index contributed by atoms with van der Waals surface area (Å²) in [4.78, 5) is 65.4. The average Bonchev–Trinajstić information content (AvgIpc) is 3.82. The molecule has 0 saturated carbocycles. The Morgan fingerprint density at radius 3 is 0.907 bits per heavy atom. The maximum absolute atomic E-state index is 12.7. The third-order valence-corrected chi connectivity index (χ3v) is 12.6. The first-order valence-electron chi connectivity index (χ1n) is 27.1. The summed E-state index contributed by atoms with van der Waals surface area (Å²) in [5.41, 5.74) is 0. The zero-order valence-electron chi connectivity index (χ0n) is 43.6. The molecule has 440 valence electrons. The summed E-state index contributed by atoms with van der Waals surface area (Å²) in [6.45, 7) is 2.02. The largest absolute Gasteiger partial charge is 0.465 e. The van der Waals surface area contributed by atoms with Gasteiger partial charge in [-0.1, -0.05) is 38.5 Å². The number of carbonyl (C=O) groups is 5. The second-order valence-electron chi connectivity index (χ2n) is 19.8. The highest BCUT2D eigenvalue weighted by molar-refractivity contribution is 5.71. The lowest BCUT2D eigenvalue weighted by molar-refractivity contribution is -0.154. The Kier molecular flexibility index (Phi) is 36.8. The van der Waals surface area contributed by atoms with Crippen molar-refractivity contribution in [3.63, 3.8) is 0 Å². The normalized spacial score (nSPS) is 13.7. The Morgan fingerprint density at radius 1 is 0.347 bits per heavy atom. The number of likely N-dealkylation sites (tertiary alicyclic amines) is 1. The van der Waals surface area contributed by atoms with Gasteiger partial charge in [0.25, 0.3) is 0 Å². The summed E-state index contributed by atoms with van der Waals surface area (Å²) in [7, 11) is 0. The molecule has 0 spiro atoms. The lowest BCUT2D eigenvalue weighted by Crippen LogP contribution is -2.27. The zero-order valence-corrected chi connectivity index (χ0v) is 43.6. The van der Waals surface area contributed by atoms with Gasteiger partial charge in [-0.25, -0.2) is 0 Å². The molecule has 0 aliphatic carbocycles. The highest BCUT2D eigenvalue weighted by Crippen LogP contribution is 2.28. The van der Waals surface area contributed by atoms with Gasteiger partial charge in [0.05, 0.1) is 5.92 Å². The molecule has 1 rings (SSSR count). The molecule has 1 fully saturated rings. The minimum atomic E-state index is -4.28. The Balaban J connectivity index is 2.58. The molecule has 0 aromatic carbocycles. The van der Waals surface area contributed by atoms with Crippen LogP contribution in [0.4, 0.5) is 52.7 Å². The molecule has 1 aliphatic rings. The van der Waals surface area contributed by atoms with Crippen LogP contribution in [0.25, 0.3) is 0 Å². The Labute approximate surface area is 434 Å². The van der Waals surface area contributed by atoms with E-state index in [1.807, 2.05) is 0 Å².